The zero-order chi connectivity index (χ0) is 17.4. The second kappa shape index (κ2) is 9.22. The molecule has 1 aromatic heterocycles. The van der Waals surface area contributed by atoms with Gasteiger partial charge in [-0.15, -0.1) is 0 Å². The highest BCUT2D eigenvalue weighted by Crippen LogP contribution is 2.13. The molecule has 0 radical (unpaired) electrons. The number of nitrogens with zero attached hydrogens (tertiary/aromatic N) is 2. The largest absolute Gasteiger partial charge is 0.494 e. The predicted octanol–water partition coefficient (Wildman–Crippen LogP) is 2.65. The molecule has 0 aliphatic heterocycles. The third-order valence-corrected chi connectivity index (χ3v) is 4.00. The van der Waals surface area contributed by atoms with Crippen LogP contribution in [0.25, 0.3) is 0 Å². The number of carbonyl (C=O) groups excluding carboxylic acids is 1. The maximum Gasteiger partial charge on any atom is 0.220 e. The second-order valence-corrected chi connectivity index (χ2v) is 5.76. The molecule has 1 aromatic carbocycles. The molecular weight excluding hydrogens is 324 g/mol. The molecule has 130 valence electrons. The summed E-state index contributed by atoms with van der Waals surface area (Å²) >= 11 is 5.18. The van der Waals surface area contributed by atoms with Crippen LogP contribution in [0.2, 0.25) is 0 Å². The number of hydrogen-bond donors (Lipinski definition) is 2. The third-order valence-electron chi connectivity index (χ3n) is 3.69. The van der Waals surface area contributed by atoms with E-state index in [0.29, 0.717) is 37.3 Å². The van der Waals surface area contributed by atoms with E-state index in [4.69, 9.17) is 17.0 Å². The van der Waals surface area contributed by atoms with Gasteiger partial charge < -0.3 is 14.6 Å². The molecule has 2 rings (SSSR count). The number of amides is 1. The smallest absolute Gasteiger partial charge is 0.220 e. The van der Waals surface area contributed by atoms with Gasteiger partial charge in [-0.3, -0.25) is 9.89 Å². The molecule has 0 aliphatic carbocycles. The van der Waals surface area contributed by atoms with E-state index in [1.165, 1.54) is 0 Å². The van der Waals surface area contributed by atoms with E-state index in [0.717, 1.165) is 23.6 Å². The minimum Gasteiger partial charge on any atom is -0.494 e. The van der Waals surface area contributed by atoms with Gasteiger partial charge in [-0.25, -0.2) is 0 Å². The van der Waals surface area contributed by atoms with E-state index < -0.39 is 0 Å². The highest BCUT2D eigenvalue weighted by molar-refractivity contribution is 7.71. The Morgan fingerprint density at radius 1 is 1.33 bits per heavy atom. The number of H-pyrrole nitrogens is 1. The molecule has 0 atom stereocenters. The van der Waals surface area contributed by atoms with Crippen molar-refractivity contribution in [1.82, 2.24) is 20.1 Å². The Morgan fingerprint density at radius 3 is 2.75 bits per heavy atom. The Morgan fingerprint density at radius 2 is 2.08 bits per heavy atom. The minimum atomic E-state index is 0.0388. The van der Waals surface area contributed by atoms with Gasteiger partial charge in [0.1, 0.15) is 11.6 Å². The Labute approximate surface area is 147 Å². The highest BCUT2D eigenvalue weighted by Gasteiger charge is 2.06. The highest BCUT2D eigenvalue weighted by atomic mass is 32.1. The topological polar surface area (TPSA) is 71.9 Å². The summed E-state index contributed by atoms with van der Waals surface area (Å²) in [4.78, 5) is 12.0. The summed E-state index contributed by atoms with van der Waals surface area (Å²) < 4.78 is 7.92. The first-order valence-electron chi connectivity index (χ1n) is 8.26. The van der Waals surface area contributed by atoms with E-state index in [9.17, 15) is 4.79 Å². The quantitative estimate of drug-likeness (QED) is 0.684. The lowest BCUT2D eigenvalue weighted by molar-refractivity contribution is -0.121. The molecule has 0 bridgehead atoms. The van der Waals surface area contributed by atoms with E-state index in [1.807, 2.05) is 42.7 Å². The zero-order valence-electron chi connectivity index (χ0n) is 14.2. The average Bonchev–Trinajstić information content (AvgIpc) is 2.95. The van der Waals surface area contributed by atoms with E-state index in [-0.39, 0.29) is 5.91 Å². The number of aryl methyl sites for hydroxylation is 2. The molecule has 24 heavy (non-hydrogen) atoms. The number of aromatic amines is 1. The summed E-state index contributed by atoms with van der Waals surface area (Å²) in [5.74, 6) is 1.80. The standard InChI is InChI=1S/C17H24N4O2S/c1-3-15-19-20-17(24)21(15)12-11-18-16(22)10-7-13-5-8-14(9-6-13)23-4-2/h5-6,8-9H,3-4,7,10-12H2,1-2H3,(H,18,22)(H,20,24). The second-order valence-electron chi connectivity index (χ2n) is 5.38. The number of carbonyl (C=O) groups is 1. The maximum absolute atomic E-state index is 12.0. The van der Waals surface area contributed by atoms with E-state index in [1.54, 1.807) is 0 Å². The van der Waals surface area contributed by atoms with Gasteiger partial charge in [0.25, 0.3) is 0 Å². The first-order valence-corrected chi connectivity index (χ1v) is 8.67. The number of hydrogen-bond acceptors (Lipinski definition) is 4. The van der Waals surface area contributed by atoms with Crippen LogP contribution in [-0.2, 0) is 24.2 Å². The van der Waals surface area contributed by atoms with Crippen LogP contribution in [-0.4, -0.2) is 33.8 Å². The van der Waals surface area contributed by atoms with Crippen molar-refractivity contribution < 1.29 is 9.53 Å². The molecule has 2 aromatic rings. The van der Waals surface area contributed by atoms with E-state index >= 15 is 0 Å². The Kier molecular flexibility index (Phi) is 6.99. The third kappa shape index (κ3) is 5.19. The number of rotatable bonds is 9. The fourth-order valence-electron chi connectivity index (χ4n) is 2.42. The molecule has 2 N–H and O–H groups in total. The van der Waals surface area contributed by atoms with Crippen molar-refractivity contribution in [2.45, 2.75) is 39.7 Å². The van der Waals surface area contributed by atoms with Gasteiger partial charge >= 0.3 is 0 Å². The number of nitrogens with one attached hydrogen (secondary N) is 2. The number of benzene rings is 1. The monoisotopic (exact) mass is 348 g/mol. The van der Waals surface area contributed by atoms with Crippen LogP contribution in [0.1, 0.15) is 31.7 Å². The first kappa shape index (κ1) is 18.2. The molecule has 0 spiro atoms. The SMILES string of the molecule is CCOc1ccc(CCC(=O)NCCn2c(CC)n[nH]c2=S)cc1. The van der Waals surface area contributed by atoms with Gasteiger partial charge in [-0.05, 0) is 43.3 Å². The molecule has 0 aliphatic rings. The van der Waals surface area contributed by atoms with Gasteiger partial charge in [0.05, 0.1) is 6.61 Å². The fraction of sp³-hybridized carbons (Fsp3) is 0.471. The number of aromatic nitrogens is 3. The summed E-state index contributed by atoms with van der Waals surface area (Å²) in [6, 6.07) is 7.86. The van der Waals surface area contributed by atoms with Crippen LogP contribution >= 0.6 is 12.2 Å². The Balaban J connectivity index is 1.73. The van der Waals surface area contributed by atoms with Crippen molar-refractivity contribution in [1.29, 1.82) is 0 Å². The van der Waals surface area contributed by atoms with Crippen molar-refractivity contribution in [3.8, 4) is 5.75 Å². The normalized spacial score (nSPS) is 10.6. The Hall–Kier alpha value is -2.15. The lowest BCUT2D eigenvalue weighted by Crippen LogP contribution is -2.27. The molecule has 1 amide bonds. The van der Waals surface area contributed by atoms with Crippen LogP contribution in [0.5, 0.6) is 5.75 Å². The molecule has 0 unspecified atom stereocenters. The lowest BCUT2D eigenvalue weighted by Gasteiger charge is -2.08. The van der Waals surface area contributed by atoms with Crippen LogP contribution in [0.4, 0.5) is 0 Å². The van der Waals surface area contributed by atoms with Crippen molar-refractivity contribution in [3.63, 3.8) is 0 Å². The summed E-state index contributed by atoms with van der Waals surface area (Å²) in [6.07, 6.45) is 1.98. The first-order chi connectivity index (χ1) is 11.6. The molecule has 6 nitrogen and oxygen atoms in total. The van der Waals surface area contributed by atoms with Crippen LogP contribution in [0.15, 0.2) is 24.3 Å². The van der Waals surface area contributed by atoms with Crippen molar-refractivity contribution in [3.05, 3.63) is 40.4 Å². The zero-order valence-corrected chi connectivity index (χ0v) is 15.0. The van der Waals surface area contributed by atoms with Crippen LogP contribution in [0, 0.1) is 4.77 Å². The van der Waals surface area contributed by atoms with Gasteiger partial charge in [-0.2, -0.15) is 5.10 Å². The minimum absolute atomic E-state index is 0.0388. The fourth-order valence-corrected chi connectivity index (χ4v) is 2.67. The molecule has 1 heterocycles. The van der Waals surface area contributed by atoms with Gasteiger partial charge in [0.15, 0.2) is 4.77 Å². The molecular formula is C17H24N4O2S. The number of ether oxygens (including phenoxy) is 1. The average molecular weight is 348 g/mol. The molecule has 0 saturated carbocycles. The lowest BCUT2D eigenvalue weighted by atomic mass is 10.1. The van der Waals surface area contributed by atoms with Crippen molar-refractivity contribution in [2.24, 2.45) is 0 Å². The summed E-state index contributed by atoms with van der Waals surface area (Å²) in [6.45, 7) is 5.81. The van der Waals surface area contributed by atoms with Gasteiger partial charge in [0, 0.05) is 25.9 Å². The predicted molar refractivity (Wildman–Crippen MR) is 95.7 cm³/mol. The maximum atomic E-state index is 12.0. The summed E-state index contributed by atoms with van der Waals surface area (Å²) in [5, 5.41) is 9.86. The Bertz CT molecular complexity index is 706. The van der Waals surface area contributed by atoms with Crippen LogP contribution in [0.3, 0.4) is 0 Å². The van der Waals surface area contributed by atoms with Gasteiger partial charge in [-0.1, -0.05) is 19.1 Å². The van der Waals surface area contributed by atoms with Crippen molar-refractivity contribution in [2.75, 3.05) is 13.2 Å². The molecule has 7 heteroatoms. The summed E-state index contributed by atoms with van der Waals surface area (Å²) in [7, 11) is 0. The van der Waals surface area contributed by atoms with Crippen LogP contribution < -0.4 is 10.1 Å². The molecule has 0 saturated heterocycles. The van der Waals surface area contributed by atoms with Crippen molar-refractivity contribution >= 4 is 18.1 Å². The van der Waals surface area contributed by atoms with Gasteiger partial charge in [0.2, 0.25) is 5.91 Å². The molecule has 0 fully saturated rings. The summed E-state index contributed by atoms with van der Waals surface area (Å²) in [5.41, 5.74) is 1.12. The van der Waals surface area contributed by atoms with E-state index in [2.05, 4.69) is 15.5 Å².